The summed E-state index contributed by atoms with van der Waals surface area (Å²) in [7, 11) is 0. The molecule has 2 aliphatic rings. The maximum absolute atomic E-state index is 12.1. The van der Waals surface area contributed by atoms with Crippen LogP contribution in [0.5, 0.6) is 0 Å². The van der Waals surface area contributed by atoms with E-state index in [9.17, 15) is 4.79 Å². The Balaban J connectivity index is 1.95. The minimum atomic E-state index is 0.0326. The van der Waals surface area contributed by atoms with Gasteiger partial charge in [0.2, 0.25) is 5.91 Å². The van der Waals surface area contributed by atoms with Gasteiger partial charge in [0.25, 0.3) is 0 Å². The topological polar surface area (TPSA) is 55.6 Å². The SMILES string of the molecule is CC1COC(CN)CN1C(=O)C1CCC1. The molecule has 2 rings (SSSR count). The van der Waals surface area contributed by atoms with Gasteiger partial charge in [0.15, 0.2) is 0 Å². The molecule has 15 heavy (non-hydrogen) atoms. The maximum atomic E-state index is 12.1. The van der Waals surface area contributed by atoms with E-state index in [1.54, 1.807) is 0 Å². The zero-order valence-corrected chi connectivity index (χ0v) is 9.32. The minimum Gasteiger partial charge on any atom is -0.373 e. The number of amides is 1. The van der Waals surface area contributed by atoms with Gasteiger partial charge in [0, 0.05) is 19.0 Å². The lowest BCUT2D eigenvalue weighted by Gasteiger charge is -2.41. The van der Waals surface area contributed by atoms with Crippen LogP contribution in [0.15, 0.2) is 0 Å². The highest BCUT2D eigenvalue weighted by molar-refractivity contribution is 5.80. The molecule has 2 atom stereocenters. The lowest BCUT2D eigenvalue weighted by molar-refractivity contribution is -0.150. The predicted octanol–water partition coefficient (Wildman–Crippen LogP) is 0.361. The standard InChI is InChI=1S/C11H20N2O2/c1-8-7-15-10(5-12)6-13(8)11(14)9-3-2-4-9/h8-10H,2-7,12H2,1H3. The molecular formula is C11H20N2O2. The molecular weight excluding hydrogens is 192 g/mol. The first-order valence-corrected chi connectivity index (χ1v) is 5.84. The summed E-state index contributed by atoms with van der Waals surface area (Å²) in [5, 5.41) is 0. The van der Waals surface area contributed by atoms with Crippen molar-refractivity contribution in [3.8, 4) is 0 Å². The van der Waals surface area contributed by atoms with E-state index in [1.807, 2.05) is 11.8 Å². The van der Waals surface area contributed by atoms with E-state index < -0.39 is 0 Å². The third-order valence-corrected chi connectivity index (χ3v) is 3.51. The average Bonchev–Trinajstić information content (AvgIpc) is 2.15. The fourth-order valence-electron chi connectivity index (χ4n) is 2.16. The summed E-state index contributed by atoms with van der Waals surface area (Å²) in [6.07, 6.45) is 3.37. The molecule has 2 unspecified atom stereocenters. The fraction of sp³-hybridized carbons (Fsp3) is 0.909. The smallest absolute Gasteiger partial charge is 0.226 e. The highest BCUT2D eigenvalue weighted by Crippen LogP contribution is 2.29. The Morgan fingerprint density at radius 1 is 1.53 bits per heavy atom. The van der Waals surface area contributed by atoms with Crippen LogP contribution in [0.1, 0.15) is 26.2 Å². The van der Waals surface area contributed by atoms with Crippen LogP contribution < -0.4 is 5.73 Å². The van der Waals surface area contributed by atoms with Gasteiger partial charge in [-0.15, -0.1) is 0 Å². The minimum absolute atomic E-state index is 0.0326. The van der Waals surface area contributed by atoms with Gasteiger partial charge in [-0.05, 0) is 19.8 Å². The van der Waals surface area contributed by atoms with Crippen molar-refractivity contribution in [3.63, 3.8) is 0 Å². The lowest BCUT2D eigenvalue weighted by atomic mass is 9.84. The molecule has 2 fully saturated rings. The van der Waals surface area contributed by atoms with Gasteiger partial charge >= 0.3 is 0 Å². The molecule has 4 heteroatoms. The Morgan fingerprint density at radius 2 is 2.27 bits per heavy atom. The highest BCUT2D eigenvalue weighted by atomic mass is 16.5. The first-order valence-electron chi connectivity index (χ1n) is 5.84. The van der Waals surface area contributed by atoms with Crippen LogP contribution in [0.4, 0.5) is 0 Å². The Labute approximate surface area is 90.8 Å². The Hall–Kier alpha value is -0.610. The summed E-state index contributed by atoms with van der Waals surface area (Å²) in [6.45, 7) is 3.85. The van der Waals surface area contributed by atoms with Crippen LogP contribution in [-0.2, 0) is 9.53 Å². The van der Waals surface area contributed by atoms with Gasteiger partial charge in [0.1, 0.15) is 0 Å². The van der Waals surface area contributed by atoms with Crippen molar-refractivity contribution in [2.75, 3.05) is 19.7 Å². The number of nitrogens with zero attached hydrogens (tertiary/aromatic N) is 1. The number of carbonyl (C=O) groups is 1. The van der Waals surface area contributed by atoms with Gasteiger partial charge in [0.05, 0.1) is 18.8 Å². The van der Waals surface area contributed by atoms with Gasteiger partial charge in [-0.1, -0.05) is 6.42 Å². The van der Waals surface area contributed by atoms with Crippen molar-refractivity contribution < 1.29 is 9.53 Å². The molecule has 4 nitrogen and oxygen atoms in total. The van der Waals surface area contributed by atoms with Crippen LogP contribution in [0.2, 0.25) is 0 Å². The number of carbonyl (C=O) groups excluding carboxylic acids is 1. The molecule has 0 aromatic heterocycles. The largest absolute Gasteiger partial charge is 0.373 e. The van der Waals surface area contributed by atoms with Gasteiger partial charge < -0.3 is 15.4 Å². The Morgan fingerprint density at radius 3 is 2.80 bits per heavy atom. The highest BCUT2D eigenvalue weighted by Gasteiger charge is 2.35. The summed E-state index contributed by atoms with van der Waals surface area (Å²) < 4.78 is 5.53. The zero-order valence-electron chi connectivity index (χ0n) is 9.32. The summed E-state index contributed by atoms with van der Waals surface area (Å²) >= 11 is 0. The van der Waals surface area contributed by atoms with E-state index in [0.29, 0.717) is 25.6 Å². The summed E-state index contributed by atoms with van der Waals surface area (Å²) in [5.74, 6) is 0.597. The quantitative estimate of drug-likeness (QED) is 0.719. The molecule has 0 bridgehead atoms. The molecule has 0 spiro atoms. The third-order valence-electron chi connectivity index (χ3n) is 3.51. The Kier molecular flexibility index (Phi) is 3.26. The van der Waals surface area contributed by atoms with Crippen LogP contribution in [0.25, 0.3) is 0 Å². The van der Waals surface area contributed by atoms with E-state index in [0.717, 1.165) is 12.8 Å². The van der Waals surface area contributed by atoms with Crippen molar-refractivity contribution in [1.29, 1.82) is 0 Å². The van der Waals surface area contributed by atoms with Crippen LogP contribution in [0, 0.1) is 5.92 Å². The zero-order chi connectivity index (χ0) is 10.8. The van der Waals surface area contributed by atoms with E-state index in [4.69, 9.17) is 10.5 Å². The monoisotopic (exact) mass is 212 g/mol. The molecule has 1 aliphatic carbocycles. The molecule has 2 N–H and O–H groups in total. The predicted molar refractivity (Wildman–Crippen MR) is 57.3 cm³/mol. The van der Waals surface area contributed by atoms with Crippen LogP contribution in [-0.4, -0.2) is 42.6 Å². The molecule has 0 aromatic rings. The summed E-state index contributed by atoms with van der Waals surface area (Å²) in [4.78, 5) is 14.0. The first kappa shape index (κ1) is 10.9. The number of morpholine rings is 1. The van der Waals surface area contributed by atoms with Gasteiger partial charge in [-0.3, -0.25) is 4.79 Å². The van der Waals surface area contributed by atoms with Crippen molar-refractivity contribution >= 4 is 5.91 Å². The van der Waals surface area contributed by atoms with E-state index in [2.05, 4.69) is 0 Å². The number of ether oxygens (including phenoxy) is 1. The normalized spacial score (nSPS) is 32.5. The fourth-order valence-corrected chi connectivity index (χ4v) is 2.16. The van der Waals surface area contributed by atoms with E-state index >= 15 is 0 Å². The summed E-state index contributed by atoms with van der Waals surface area (Å²) in [5.41, 5.74) is 5.57. The Bertz CT molecular complexity index is 241. The number of hydrogen-bond donors (Lipinski definition) is 1. The lowest BCUT2D eigenvalue weighted by Crippen LogP contribution is -2.55. The third kappa shape index (κ3) is 2.16. The number of rotatable bonds is 2. The molecule has 1 amide bonds. The molecule has 0 radical (unpaired) electrons. The second kappa shape index (κ2) is 4.49. The molecule has 1 saturated carbocycles. The van der Waals surface area contributed by atoms with Crippen LogP contribution >= 0.6 is 0 Å². The average molecular weight is 212 g/mol. The van der Waals surface area contributed by atoms with E-state index in [1.165, 1.54) is 6.42 Å². The first-order chi connectivity index (χ1) is 7.22. The maximum Gasteiger partial charge on any atom is 0.226 e. The van der Waals surface area contributed by atoms with Crippen molar-refractivity contribution in [1.82, 2.24) is 4.90 Å². The van der Waals surface area contributed by atoms with Gasteiger partial charge in [-0.2, -0.15) is 0 Å². The van der Waals surface area contributed by atoms with Crippen molar-refractivity contribution in [2.24, 2.45) is 11.7 Å². The second-order valence-electron chi connectivity index (χ2n) is 4.66. The number of nitrogens with two attached hydrogens (primary N) is 1. The van der Waals surface area contributed by atoms with E-state index in [-0.39, 0.29) is 18.1 Å². The number of hydrogen-bond acceptors (Lipinski definition) is 3. The molecule has 1 saturated heterocycles. The van der Waals surface area contributed by atoms with Crippen LogP contribution in [0.3, 0.4) is 0 Å². The summed E-state index contributed by atoms with van der Waals surface area (Å²) in [6, 6.07) is 0.209. The molecule has 0 aromatic carbocycles. The molecule has 1 aliphatic heterocycles. The molecule has 86 valence electrons. The van der Waals surface area contributed by atoms with Crippen molar-refractivity contribution in [2.45, 2.75) is 38.3 Å². The second-order valence-corrected chi connectivity index (χ2v) is 4.66. The molecule has 1 heterocycles. The van der Waals surface area contributed by atoms with Crippen molar-refractivity contribution in [3.05, 3.63) is 0 Å². The van der Waals surface area contributed by atoms with Gasteiger partial charge in [-0.25, -0.2) is 0 Å².